The molecule has 4 aliphatic carbocycles. The number of aliphatic hydroxyl groups excluding tert-OH is 2. The summed E-state index contributed by atoms with van der Waals surface area (Å²) in [5.41, 5.74) is 0.310. The van der Waals surface area contributed by atoms with E-state index in [0.29, 0.717) is 36.9 Å². The van der Waals surface area contributed by atoms with Crippen molar-refractivity contribution >= 4 is 11.6 Å². The number of carbonyl (C=O) groups is 2. The van der Waals surface area contributed by atoms with Gasteiger partial charge in [-0.25, -0.2) is 0 Å². The van der Waals surface area contributed by atoms with E-state index in [4.69, 9.17) is 0 Å². The van der Waals surface area contributed by atoms with Crippen LogP contribution in [0.3, 0.4) is 0 Å². The Labute approximate surface area is 211 Å². The van der Waals surface area contributed by atoms with Gasteiger partial charge in [-0.1, -0.05) is 47.1 Å². The van der Waals surface area contributed by atoms with E-state index >= 15 is 0 Å². The fraction of sp³-hybridized carbons (Fsp3) is 0.867. The van der Waals surface area contributed by atoms with Crippen LogP contribution in [0.1, 0.15) is 106 Å². The first-order valence-electron chi connectivity index (χ1n) is 13.9. The zero-order valence-electron chi connectivity index (χ0n) is 23.0. The van der Waals surface area contributed by atoms with Crippen molar-refractivity contribution in [2.24, 2.45) is 39.4 Å². The third-order valence-electron chi connectivity index (χ3n) is 12.0. The summed E-state index contributed by atoms with van der Waals surface area (Å²) in [7, 11) is 0. The zero-order chi connectivity index (χ0) is 26.2. The van der Waals surface area contributed by atoms with Crippen molar-refractivity contribution in [3.8, 4) is 0 Å². The van der Waals surface area contributed by atoms with Crippen LogP contribution in [0.25, 0.3) is 0 Å². The molecule has 0 bridgehead atoms. The molecule has 0 heterocycles. The van der Waals surface area contributed by atoms with Crippen LogP contribution in [-0.4, -0.2) is 45.2 Å². The van der Waals surface area contributed by atoms with Gasteiger partial charge in [0.15, 0.2) is 5.78 Å². The summed E-state index contributed by atoms with van der Waals surface area (Å²) >= 11 is 0. The molecule has 0 saturated heterocycles. The number of hydrogen-bond donors (Lipinski definition) is 3. The van der Waals surface area contributed by atoms with E-state index in [2.05, 4.69) is 41.5 Å². The number of ketones is 2. The van der Waals surface area contributed by atoms with Gasteiger partial charge in [-0.15, -0.1) is 0 Å². The zero-order valence-corrected chi connectivity index (χ0v) is 23.0. The molecule has 5 heteroatoms. The van der Waals surface area contributed by atoms with Crippen LogP contribution >= 0.6 is 0 Å². The first kappa shape index (κ1) is 27.0. The predicted octanol–water partition coefficient (Wildman–Crippen LogP) is 5.00. The average molecular weight is 489 g/mol. The molecule has 0 aromatic carbocycles. The minimum absolute atomic E-state index is 0.00849. The van der Waals surface area contributed by atoms with E-state index in [0.717, 1.165) is 44.1 Å². The second-order valence-corrected chi connectivity index (χ2v) is 14.1. The second-order valence-electron chi connectivity index (χ2n) is 14.1. The van der Waals surface area contributed by atoms with Gasteiger partial charge in [0.2, 0.25) is 0 Å². The summed E-state index contributed by atoms with van der Waals surface area (Å²) in [4.78, 5) is 26.7. The topological polar surface area (TPSA) is 94.8 Å². The molecule has 0 unspecified atom stereocenters. The molecule has 2 fully saturated rings. The van der Waals surface area contributed by atoms with Crippen molar-refractivity contribution in [3.05, 3.63) is 11.1 Å². The third kappa shape index (κ3) is 3.74. The van der Waals surface area contributed by atoms with Gasteiger partial charge >= 0.3 is 0 Å². The van der Waals surface area contributed by atoms with Crippen molar-refractivity contribution in [1.29, 1.82) is 0 Å². The van der Waals surface area contributed by atoms with Gasteiger partial charge in [-0.3, -0.25) is 9.59 Å². The minimum Gasteiger partial charge on any atom is -0.393 e. The minimum atomic E-state index is -1.48. The van der Waals surface area contributed by atoms with Crippen molar-refractivity contribution < 1.29 is 24.9 Å². The monoisotopic (exact) mass is 488 g/mol. The Morgan fingerprint density at radius 3 is 2.31 bits per heavy atom. The SMILES string of the molecule is C[C@@H](CC[C@H](O)[C@@](C)(O)CO)[C@H]1CC[C@@]2(C)C3=C(CC[C@]12C)[C@@]1(C)CCC(=O)C(C)(C)[C@@H]1CC3=O. The first-order chi connectivity index (χ1) is 16.1. The summed E-state index contributed by atoms with van der Waals surface area (Å²) < 4.78 is 0. The standard InChI is InChI=1S/C30H48O5/c1-18(8-9-24(34)30(7,35)17-31)19-10-15-29(6)25-20(11-14-28(19,29)5)27(4)13-12-23(33)26(2,3)22(27)16-21(25)32/h18-19,22,24,31,34-35H,8-17H2,1-7H3/t18-,19+,22-,24-,27+,28+,29-,30-/m0/s1. The lowest BCUT2D eigenvalue weighted by Crippen LogP contribution is -2.56. The van der Waals surface area contributed by atoms with Crippen molar-refractivity contribution in [1.82, 2.24) is 0 Å². The lowest BCUT2D eigenvalue weighted by molar-refractivity contribution is -0.142. The van der Waals surface area contributed by atoms with Gasteiger partial charge in [0, 0.05) is 29.2 Å². The van der Waals surface area contributed by atoms with Crippen molar-refractivity contribution in [2.45, 2.75) is 118 Å². The lowest BCUT2D eigenvalue weighted by Gasteiger charge is -2.60. The molecule has 0 amide bonds. The smallest absolute Gasteiger partial charge is 0.159 e. The van der Waals surface area contributed by atoms with Crippen LogP contribution in [0, 0.1) is 39.4 Å². The Bertz CT molecular complexity index is 931. The molecule has 8 atom stereocenters. The largest absolute Gasteiger partial charge is 0.393 e. The third-order valence-corrected chi connectivity index (χ3v) is 12.0. The van der Waals surface area contributed by atoms with E-state index in [1.165, 1.54) is 12.5 Å². The van der Waals surface area contributed by atoms with Gasteiger partial charge < -0.3 is 15.3 Å². The molecule has 4 aliphatic rings. The number of allylic oxidation sites excluding steroid dienone is 2. The Balaban J connectivity index is 1.64. The summed E-state index contributed by atoms with van der Waals surface area (Å²) in [6, 6.07) is 0. The van der Waals surface area contributed by atoms with E-state index in [-0.39, 0.29) is 27.9 Å². The quantitative estimate of drug-likeness (QED) is 0.489. The van der Waals surface area contributed by atoms with Crippen LogP contribution < -0.4 is 0 Å². The molecule has 0 spiro atoms. The molecule has 0 aliphatic heterocycles. The highest BCUT2D eigenvalue weighted by molar-refractivity contribution is 6.00. The van der Waals surface area contributed by atoms with Crippen LogP contribution in [0.2, 0.25) is 0 Å². The van der Waals surface area contributed by atoms with Gasteiger partial charge in [0.25, 0.3) is 0 Å². The Kier molecular flexibility index (Phi) is 6.55. The maximum Gasteiger partial charge on any atom is 0.159 e. The fourth-order valence-corrected chi connectivity index (χ4v) is 9.16. The van der Waals surface area contributed by atoms with E-state index in [9.17, 15) is 24.9 Å². The summed E-state index contributed by atoms with van der Waals surface area (Å²) in [6.07, 6.45) is 6.30. The lowest BCUT2D eigenvalue weighted by atomic mass is 9.43. The number of rotatable bonds is 6. The predicted molar refractivity (Wildman–Crippen MR) is 137 cm³/mol. The molecule has 198 valence electrons. The number of fused-ring (bicyclic) bond motifs is 4. The van der Waals surface area contributed by atoms with Crippen molar-refractivity contribution in [2.75, 3.05) is 6.61 Å². The number of Topliss-reactive ketones (excluding diaryl/α,β-unsaturated/α-hetero) is 2. The molecule has 0 aromatic heterocycles. The molecule has 0 radical (unpaired) electrons. The highest BCUT2D eigenvalue weighted by Crippen LogP contribution is 2.71. The molecule has 4 rings (SSSR count). The molecule has 2 saturated carbocycles. The van der Waals surface area contributed by atoms with Crippen molar-refractivity contribution in [3.63, 3.8) is 0 Å². The van der Waals surface area contributed by atoms with Crippen LogP contribution in [-0.2, 0) is 9.59 Å². The Hall–Kier alpha value is -1.04. The van der Waals surface area contributed by atoms with Gasteiger partial charge in [0.1, 0.15) is 11.4 Å². The van der Waals surface area contributed by atoms with Gasteiger partial charge in [0.05, 0.1) is 12.7 Å². The van der Waals surface area contributed by atoms with Crippen LogP contribution in [0.5, 0.6) is 0 Å². The summed E-state index contributed by atoms with van der Waals surface area (Å²) in [5.74, 6) is 1.46. The maximum absolute atomic E-state index is 13.9. The number of hydrogen-bond acceptors (Lipinski definition) is 5. The fourth-order valence-electron chi connectivity index (χ4n) is 9.16. The average Bonchev–Trinajstić information content (AvgIpc) is 3.07. The highest BCUT2D eigenvalue weighted by Gasteiger charge is 2.65. The molecular formula is C30H48O5. The van der Waals surface area contributed by atoms with Gasteiger partial charge in [-0.2, -0.15) is 0 Å². The number of aliphatic hydroxyl groups is 3. The van der Waals surface area contributed by atoms with E-state index in [1.54, 1.807) is 0 Å². The Morgan fingerprint density at radius 1 is 1.03 bits per heavy atom. The summed E-state index contributed by atoms with van der Waals surface area (Å²) in [5, 5.41) is 30.0. The Morgan fingerprint density at radius 2 is 1.69 bits per heavy atom. The van der Waals surface area contributed by atoms with Gasteiger partial charge in [-0.05, 0) is 80.5 Å². The number of carbonyl (C=O) groups excluding carboxylic acids is 2. The summed E-state index contributed by atoms with van der Waals surface area (Å²) in [6.45, 7) is 14.4. The van der Waals surface area contributed by atoms with E-state index < -0.39 is 23.7 Å². The molecule has 35 heavy (non-hydrogen) atoms. The molecule has 5 nitrogen and oxygen atoms in total. The van der Waals surface area contributed by atoms with Crippen LogP contribution in [0.4, 0.5) is 0 Å². The molecule has 3 N–H and O–H groups in total. The second kappa shape index (κ2) is 8.49. The highest BCUT2D eigenvalue weighted by atomic mass is 16.4. The normalized spacial score (nSPS) is 42.1. The molecule has 0 aromatic rings. The maximum atomic E-state index is 13.9. The van der Waals surface area contributed by atoms with Crippen LogP contribution in [0.15, 0.2) is 11.1 Å². The first-order valence-corrected chi connectivity index (χ1v) is 13.9. The van der Waals surface area contributed by atoms with E-state index in [1.807, 2.05) is 0 Å². The molecular weight excluding hydrogens is 440 g/mol.